The summed E-state index contributed by atoms with van der Waals surface area (Å²) in [5, 5.41) is 2.53. The van der Waals surface area contributed by atoms with Gasteiger partial charge in [0, 0.05) is 18.8 Å². The highest BCUT2D eigenvalue weighted by Gasteiger charge is 2.29. The number of morpholine rings is 1. The van der Waals surface area contributed by atoms with Crippen molar-refractivity contribution in [2.24, 2.45) is 4.99 Å². The fourth-order valence-corrected chi connectivity index (χ4v) is 3.77. The molecule has 1 saturated heterocycles. The summed E-state index contributed by atoms with van der Waals surface area (Å²) >= 11 is 6.88. The number of fused-ring (bicyclic) bond motifs is 1. The monoisotopic (exact) mass is 335 g/mol. The lowest BCUT2D eigenvalue weighted by molar-refractivity contribution is -0.114. The van der Waals surface area contributed by atoms with Crippen molar-refractivity contribution in [3.63, 3.8) is 0 Å². The van der Waals surface area contributed by atoms with Crippen molar-refractivity contribution in [1.82, 2.24) is 4.90 Å². The van der Waals surface area contributed by atoms with Crippen LogP contribution in [0.1, 0.15) is 6.92 Å². The number of nitrogens with zero attached hydrogens (tertiary/aromatic N) is 2. The first-order valence-electron chi connectivity index (χ1n) is 7.13. The fourth-order valence-electron chi connectivity index (χ4n) is 2.37. The third-order valence-electron chi connectivity index (χ3n) is 3.56. The molecule has 1 aromatic rings. The Bertz CT molecular complexity index is 627. The van der Waals surface area contributed by atoms with Crippen LogP contribution in [0.25, 0.3) is 0 Å². The summed E-state index contributed by atoms with van der Waals surface area (Å²) in [6.45, 7) is 4.78. The van der Waals surface area contributed by atoms with Gasteiger partial charge in [-0.2, -0.15) is 0 Å². The number of hydrogen-bond acceptors (Lipinski definition) is 5. The SMILES string of the molecule is CC1=Nc2ccccc2NC(=O)C1SC(=S)N1CCOCC1. The molecule has 2 aliphatic heterocycles. The summed E-state index contributed by atoms with van der Waals surface area (Å²) < 4.78 is 6.06. The number of anilines is 1. The highest BCUT2D eigenvalue weighted by atomic mass is 32.2. The molecule has 0 spiro atoms. The van der Waals surface area contributed by atoms with Crippen LogP contribution in [0.3, 0.4) is 0 Å². The fraction of sp³-hybridized carbons (Fsp3) is 0.400. The quantitative estimate of drug-likeness (QED) is 0.799. The Morgan fingerprint density at radius 2 is 2.14 bits per heavy atom. The Kier molecular flexibility index (Phi) is 4.75. The highest BCUT2D eigenvalue weighted by molar-refractivity contribution is 8.24. The predicted molar refractivity (Wildman–Crippen MR) is 94.2 cm³/mol. The summed E-state index contributed by atoms with van der Waals surface area (Å²) in [6, 6.07) is 7.55. The summed E-state index contributed by atoms with van der Waals surface area (Å²) in [7, 11) is 0. The van der Waals surface area contributed by atoms with E-state index >= 15 is 0 Å². The van der Waals surface area contributed by atoms with Gasteiger partial charge in [0.2, 0.25) is 5.91 Å². The molecule has 0 bridgehead atoms. The Hall–Kier alpha value is -1.44. The molecular weight excluding hydrogens is 318 g/mol. The third kappa shape index (κ3) is 3.31. The highest BCUT2D eigenvalue weighted by Crippen LogP contribution is 2.31. The maximum absolute atomic E-state index is 12.5. The second kappa shape index (κ2) is 6.76. The minimum Gasteiger partial charge on any atom is -0.378 e. The van der Waals surface area contributed by atoms with Gasteiger partial charge in [-0.05, 0) is 19.1 Å². The van der Waals surface area contributed by atoms with Crippen LogP contribution in [-0.4, -0.2) is 52.4 Å². The minimum atomic E-state index is -0.400. The average molecular weight is 335 g/mol. The number of thioether (sulfide) groups is 1. The molecular formula is C15H17N3O2S2. The molecule has 0 aromatic heterocycles. The van der Waals surface area contributed by atoms with Gasteiger partial charge >= 0.3 is 0 Å². The minimum absolute atomic E-state index is 0.0770. The van der Waals surface area contributed by atoms with Crippen molar-refractivity contribution in [2.75, 3.05) is 31.6 Å². The first-order valence-corrected chi connectivity index (χ1v) is 8.42. The number of ether oxygens (including phenoxy) is 1. The maximum Gasteiger partial charge on any atom is 0.243 e. The number of carbonyl (C=O) groups excluding carboxylic acids is 1. The van der Waals surface area contributed by atoms with Gasteiger partial charge in [0.25, 0.3) is 0 Å². The summed E-state index contributed by atoms with van der Waals surface area (Å²) in [5.41, 5.74) is 2.30. The Morgan fingerprint density at radius 3 is 2.91 bits per heavy atom. The van der Waals surface area contributed by atoms with Crippen molar-refractivity contribution in [3.8, 4) is 0 Å². The molecule has 7 heteroatoms. The lowest BCUT2D eigenvalue weighted by Gasteiger charge is -2.29. The molecule has 0 aliphatic carbocycles. The third-order valence-corrected chi connectivity index (χ3v) is 5.36. The molecule has 0 saturated carbocycles. The van der Waals surface area contributed by atoms with Crippen molar-refractivity contribution < 1.29 is 9.53 Å². The van der Waals surface area contributed by atoms with Crippen molar-refractivity contribution in [2.45, 2.75) is 12.2 Å². The Labute approximate surface area is 139 Å². The molecule has 3 rings (SSSR count). The zero-order valence-corrected chi connectivity index (χ0v) is 13.9. The summed E-state index contributed by atoms with van der Waals surface area (Å²) in [6.07, 6.45) is 0. The van der Waals surface area contributed by atoms with E-state index in [4.69, 9.17) is 17.0 Å². The van der Waals surface area contributed by atoms with Gasteiger partial charge in [-0.1, -0.05) is 36.1 Å². The molecule has 2 heterocycles. The molecule has 0 radical (unpaired) electrons. The van der Waals surface area contributed by atoms with Gasteiger partial charge in [0.15, 0.2) is 0 Å². The zero-order valence-electron chi connectivity index (χ0n) is 12.2. The Balaban J connectivity index is 1.76. The zero-order chi connectivity index (χ0) is 15.5. The second-order valence-corrected chi connectivity index (χ2v) is 6.86. The van der Waals surface area contributed by atoms with Crippen LogP contribution in [0.4, 0.5) is 11.4 Å². The number of para-hydroxylation sites is 2. The van der Waals surface area contributed by atoms with Crippen LogP contribution in [-0.2, 0) is 9.53 Å². The number of aliphatic imine (C=N–C) groups is 1. The van der Waals surface area contributed by atoms with Crippen molar-refractivity contribution in [1.29, 1.82) is 0 Å². The van der Waals surface area contributed by atoms with Crippen LogP contribution < -0.4 is 5.32 Å². The molecule has 1 amide bonds. The van der Waals surface area contributed by atoms with Gasteiger partial charge in [-0.3, -0.25) is 9.79 Å². The Morgan fingerprint density at radius 1 is 1.41 bits per heavy atom. The molecule has 1 atom stereocenters. The van der Waals surface area contributed by atoms with Gasteiger partial charge in [0.05, 0.1) is 24.6 Å². The molecule has 2 aliphatic rings. The van der Waals surface area contributed by atoms with E-state index in [-0.39, 0.29) is 5.91 Å². The smallest absolute Gasteiger partial charge is 0.243 e. The molecule has 5 nitrogen and oxygen atoms in total. The lowest BCUT2D eigenvalue weighted by atomic mass is 10.3. The van der Waals surface area contributed by atoms with Crippen LogP contribution >= 0.6 is 24.0 Å². The number of thiocarbonyl (C=S) groups is 1. The van der Waals surface area contributed by atoms with Gasteiger partial charge in [-0.15, -0.1) is 0 Å². The van der Waals surface area contributed by atoms with Crippen LogP contribution in [0.2, 0.25) is 0 Å². The van der Waals surface area contributed by atoms with E-state index in [1.54, 1.807) is 0 Å². The van der Waals surface area contributed by atoms with E-state index in [9.17, 15) is 4.79 Å². The van der Waals surface area contributed by atoms with E-state index in [1.807, 2.05) is 31.2 Å². The van der Waals surface area contributed by atoms with Gasteiger partial charge in [-0.25, -0.2) is 0 Å². The van der Waals surface area contributed by atoms with E-state index in [0.29, 0.717) is 13.2 Å². The largest absolute Gasteiger partial charge is 0.378 e. The number of benzene rings is 1. The van der Waals surface area contributed by atoms with Crippen LogP contribution in [0.5, 0.6) is 0 Å². The topological polar surface area (TPSA) is 53.9 Å². The number of nitrogens with one attached hydrogen (secondary N) is 1. The van der Waals surface area contributed by atoms with Crippen molar-refractivity contribution in [3.05, 3.63) is 24.3 Å². The first kappa shape index (κ1) is 15.5. The number of amides is 1. The predicted octanol–water partition coefficient (Wildman–Crippen LogP) is 2.45. The molecule has 1 N–H and O–H groups in total. The number of carbonyl (C=O) groups is 1. The van der Waals surface area contributed by atoms with Gasteiger partial charge < -0.3 is 15.0 Å². The standard InChI is InChI=1S/C15H17N3O2S2/c1-10-13(22-15(21)18-6-8-20-9-7-18)14(19)17-12-5-3-2-4-11(12)16-10/h2-5,13H,6-9H2,1H3,(H,17,19). The molecule has 1 unspecified atom stereocenters. The van der Waals surface area contributed by atoms with Gasteiger partial charge in [0.1, 0.15) is 9.57 Å². The summed E-state index contributed by atoms with van der Waals surface area (Å²) in [5.74, 6) is -0.0770. The molecule has 22 heavy (non-hydrogen) atoms. The van der Waals surface area contributed by atoms with E-state index < -0.39 is 5.25 Å². The number of hydrogen-bond donors (Lipinski definition) is 1. The van der Waals surface area contributed by atoms with E-state index in [2.05, 4.69) is 15.2 Å². The molecule has 116 valence electrons. The summed E-state index contributed by atoms with van der Waals surface area (Å²) in [4.78, 5) is 19.2. The molecule has 1 fully saturated rings. The first-order chi connectivity index (χ1) is 10.6. The number of rotatable bonds is 1. The average Bonchev–Trinajstić information content (AvgIpc) is 2.65. The van der Waals surface area contributed by atoms with E-state index in [0.717, 1.165) is 34.5 Å². The van der Waals surface area contributed by atoms with Crippen LogP contribution in [0.15, 0.2) is 29.3 Å². The van der Waals surface area contributed by atoms with Crippen LogP contribution in [0, 0.1) is 0 Å². The second-order valence-electron chi connectivity index (χ2n) is 5.12. The molecule has 1 aromatic carbocycles. The normalized spacial score (nSPS) is 21.5. The lowest BCUT2D eigenvalue weighted by Crippen LogP contribution is -2.41. The van der Waals surface area contributed by atoms with Crippen molar-refractivity contribution >= 4 is 51.3 Å². The van der Waals surface area contributed by atoms with E-state index in [1.165, 1.54) is 11.8 Å². The maximum atomic E-state index is 12.5.